The standard InChI is InChI=1S/C16H24N2O/c1-13(2)14(3)18(4)10-7-11-19-16-9-6-5-8-15(16)12-17/h5-6,8-9,13-14H,7,10-11H2,1-4H3. The molecular formula is C16H24N2O. The minimum Gasteiger partial charge on any atom is -0.492 e. The second kappa shape index (κ2) is 7.81. The van der Waals surface area contributed by atoms with E-state index in [1.807, 2.05) is 18.2 Å². The predicted molar refractivity (Wildman–Crippen MR) is 78.2 cm³/mol. The maximum atomic E-state index is 8.96. The predicted octanol–water partition coefficient (Wildman–Crippen LogP) is 3.30. The Labute approximate surface area is 116 Å². The van der Waals surface area contributed by atoms with Crippen molar-refractivity contribution >= 4 is 0 Å². The van der Waals surface area contributed by atoms with Gasteiger partial charge in [-0.1, -0.05) is 26.0 Å². The number of hydrogen-bond donors (Lipinski definition) is 0. The number of hydrogen-bond acceptors (Lipinski definition) is 3. The number of ether oxygens (including phenoxy) is 1. The van der Waals surface area contributed by atoms with Crippen LogP contribution in [0.3, 0.4) is 0 Å². The topological polar surface area (TPSA) is 36.3 Å². The average molecular weight is 260 g/mol. The maximum absolute atomic E-state index is 8.96. The summed E-state index contributed by atoms with van der Waals surface area (Å²) in [4.78, 5) is 2.35. The molecule has 104 valence electrons. The van der Waals surface area contributed by atoms with Crippen molar-refractivity contribution in [1.82, 2.24) is 4.90 Å². The highest BCUT2D eigenvalue weighted by Crippen LogP contribution is 2.16. The van der Waals surface area contributed by atoms with Gasteiger partial charge in [0.05, 0.1) is 12.2 Å². The van der Waals surface area contributed by atoms with Crippen molar-refractivity contribution in [2.45, 2.75) is 33.2 Å². The normalized spacial score (nSPS) is 12.5. The summed E-state index contributed by atoms with van der Waals surface area (Å²) in [6.45, 7) is 8.38. The van der Waals surface area contributed by atoms with Crippen molar-refractivity contribution < 1.29 is 4.74 Å². The van der Waals surface area contributed by atoms with Gasteiger partial charge in [0, 0.05) is 12.6 Å². The van der Waals surface area contributed by atoms with Crippen molar-refractivity contribution in [1.29, 1.82) is 5.26 Å². The SMILES string of the molecule is CC(C)C(C)N(C)CCCOc1ccccc1C#N. The van der Waals surface area contributed by atoms with Crippen LogP contribution in [0.5, 0.6) is 5.75 Å². The molecule has 3 nitrogen and oxygen atoms in total. The van der Waals surface area contributed by atoms with Gasteiger partial charge in [0.2, 0.25) is 0 Å². The van der Waals surface area contributed by atoms with Crippen LogP contribution in [-0.2, 0) is 0 Å². The van der Waals surface area contributed by atoms with Crippen molar-refractivity contribution in [3.8, 4) is 11.8 Å². The fraction of sp³-hybridized carbons (Fsp3) is 0.562. The van der Waals surface area contributed by atoms with Crippen LogP contribution in [0.1, 0.15) is 32.8 Å². The van der Waals surface area contributed by atoms with E-state index >= 15 is 0 Å². The molecule has 0 heterocycles. The van der Waals surface area contributed by atoms with Gasteiger partial charge < -0.3 is 9.64 Å². The number of para-hydroxylation sites is 1. The van der Waals surface area contributed by atoms with Crippen molar-refractivity contribution in [3.63, 3.8) is 0 Å². The minimum absolute atomic E-state index is 0.575. The second-order valence-electron chi connectivity index (χ2n) is 5.28. The van der Waals surface area contributed by atoms with E-state index in [9.17, 15) is 0 Å². The summed E-state index contributed by atoms with van der Waals surface area (Å²) in [7, 11) is 2.15. The van der Waals surface area contributed by atoms with Gasteiger partial charge in [-0.05, 0) is 38.4 Å². The Kier molecular flexibility index (Phi) is 6.38. The molecule has 1 unspecified atom stereocenters. The van der Waals surface area contributed by atoms with E-state index in [0.717, 1.165) is 13.0 Å². The lowest BCUT2D eigenvalue weighted by molar-refractivity contribution is 0.189. The quantitative estimate of drug-likeness (QED) is 0.706. The van der Waals surface area contributed by atoms with E-state index in [-0.39, 0.29) is 0 Å². The highest BCUT2D eigenvalue weighted by molar-refractivity contribution is 5.42. The first-order valence-electron chi connectivity index (χ1n) is 6.88. The highest BCUT2D eigenvalue weighted by Gasteiger charge is 2.12. The Morgan fingerprint density at radius 3 is 2.58 bits per heavy atom. The molecule has 0 aliphatic rings. The smallest absolute Gasteiger partial charge is 0.137 e. The molecule has 1 atom stereocenters. The Bertz CT molecular complexity index is 423. The molecule has 19 heavy (non-hydrogen) atoms. The van der Waals surface area contributed by atoms with Crippen LogP contribution in [0.4, 0.5) is 0 Å². The van der Waals surface area contributed by atoms with E-state index in [4.69, 9.17) is 10.00 Å². The number of rotatable bonds is 7. The molecule has 0 N–H and O–H groups in total. The summed E-state index contributed by atoms with van der Waals surface area (Å²) >= 11 is 0. The van der Waals surface area contributed by atoms with Crippen molar-refractivity contribution in [2.75, 3.05) is 20.2 Å². The van der Waals surface area contributed by atoms with Gasteiger partial charge in [0.15, 0.2) is 0 Å². The molecule has 1 rings (SSSR count). The third-order valence-corrected chi connectivity index (χ3v) is 3.58. The molecule has 0 bridgehead atoms. The first-order valence-corrected chi connectivity index (χ1v) is 6.88. The summed E-state index contributed by atoms with van der Waals surface area (Å²) in [6.07, 6.45) is 0.966. The Morgan fingerprint density at radius 2 is 1.95 bits per heavy atom. The lowest BCUT2D eigenvalue weighted by Crippen LogP contribution is -2.34. The molecule has 0 aliphatic heterocycles. The number of nitrogens with zero attached hydrogens (tertiary/aromatic N) is 2. The zero-order valence-corrected chi connectivity index (χ0v) is 12.4. The molecule has 1 aromatic carbocycles. The zero-order chi connectivity index (χ0) is 14.3. The summed E-state index contributed by atoms with van der Waals surface area (Å²) in [6, 6.07) is 10.1. The Morgan fingerprint density at radius 1 is 1.26 bits per heavy atom. The molecule has 0 aliphatic carbocycles. The monoisotopic (exact) mass is 260 g/mol. The molecule has 0 radical (unpaired) electrons. The minimum atomic E-state index is 0.575. The molecule has 0 saturated heterocycles. The van der Waals surface area contributed by atoms with Crippen LogP contribution in [0.25, 0.3) is 0 Å². The molecule has 0 amide bonds. The fourth-order valence-corrected chi connectivity index (χ4v) is 1.89. The maximum Gasteiger partial charge on any atom is 0.137 e. The van der Waals surface area contributed by atoms with E-state index in [2.05, 4.69) is 38.8 Å². The van der Waals surface area contributed by atoms with Gasteiger partial charge in [0.1, 0.15) is 11.8 Å². The Hall–Kier alpha value is -1.53. The fourth-order valence-electron chi connectivity index (χ4n) is 1.89. The van der Waals surface area contributed by atoms with Crippen LogP contribution in [-0.4, -0.2) is 31.1 Å². The third kappa shape index (κ3) is 4.92. The number of benzene rings is 1. The van der Waals surface area contributed by atoms with Crippen molar-refractivity contribution in [2.24, 2.45) is 5.92 Å². The van der Waals surface area contributed by atoms with E-state index in [0.29, 0.717) is 29.9 Å². The van der Waals surface area contributed by atoms with Crippen molar-refractivity contribution in [3.05, 3.63) is 29.8 Å². The van der Waals surface area contributed by atoms with E-state index < -0.39 is 0 Å². The average Bonchev–Trinajstić information content (AvgIpc) is 2.42. The van der Waals surface area contributed by atoms with Crippen LogP contribution >= 0.6 is 0 Å². The molecule has 3 heteroatoms. The number of nitriles is 1. The largest absolute Gasteiger partial charge is 0.492 e. The van der Waals surface area contributed by atoms with Crippen LogP contribution in [0.15, 0.2) is 24.3 Å². The lowest BCUT2D eigenvalue weighted by Gasteiger charge is -2.27. The zero-order valence-electron chi connectivity index (χ0n) is 12.4. The summed E-state index contributed by atoms with van der Waals surface area (Å²) < 4.78 is 5.67. The molecule has 0 aromatic heterocycles. The van der Waals surface area contributed by atoms with Gasteiger partial charge in [-0.2, -0.15) is 5.26 Å². The van der Waals surface area contributed by atoms with Gasteiger partial charge >= 0.3 is 0 Å². The first kappa shape index (κ1) is 15.5. The first-order chi connectivity index (χ1) is 9.06. The summed E-state index contributed by atoms with van der Waals surface area (Å²) in [5, 5.41) is 8.96. The highest BCUT2D eigenvalue weighted by atomic mass is 16.5. The molecular weight excluding hydrogens is 236 g/mol. The van der Waals surface area contributed by atoms with Crippen LogP contribution in [0, 0.1) is 17.2 Å². The molecule has 0 spiro atoms. The summed E-state index contributed by atoms with van der Waals surface area (Å²) in [5.74, 6) is 1.34. The van der Waals surface area contributed by atoms with Crippen LogP contribution in [0.2, 0.25) is 0 Å². The molecule has 0 saturated carbocycles. The Balaban J connectivity index is 2.33. The van der Waals surface area contributed by atoms with Crippen LogP contribution < -0.4 is 4.74 Å². The van der Waals surface area contributed by atoms with Gasteiger partial charge in [-0.25, -0.2) is 0 Å². The molecule has 1 aromatic rings. The molecule has 0 fully saturated rings. The second-order valence-corrected chi connectivity index (χ2v) is 5.28. The third-order valence-electron chi connectivity index (χ3n) is 3.58. The van der Waals surface area contributed by atoms with Gasteiger partial charge in [-0.15, -0.1) is 0 Å². The van der Waals surface area contributed by atoms with Gasteiger partial charge in [0.25, 0.3) is 0 Å². The van der Waals surface area contributed by atoms with E-state index in [1.165, 1.54) is 0 Å². The lowest BCUT2D eigenvalue weighted by atomic mass is 10.1. The van der Waals surface area contributed by atoms with E-state index in [1.54, 1.807) is 6.07 Å². The summed E-state index contributed by atoms with van der Waals surface area (Å²) in [5.41, 5.74) is 0.603. The van der Waals surface area contributed by atoms with Gasteiger partial charge in [-0.3, -0.25) is 0 Å².